The molecule has 1 unspecified atom stereocenters. The van der Waals surface area contributed by atoms with E-state index in [4.69, 9.17) is 0 Å². The molecule has 0 fully saturated rings. The van der Waals surface area contributed by atoms with E-state index in [9.17, 15) is 14.9 Å². The Morgan fingerprint density at radius 3 is 2.83 bits per heavy atom. The third kappa shape index (κ3) is 5.28. The summed E-state index contributed by atoms with van der Waals surface area (Å²) >= 11 is 4.16. The summed E-state index contributed by atoms with van der Waals surface area (Å²) in [5.41, 5.74) is -0.0173. The van der Waals surface area contributed by atoms with E-state index in [2.05, 4.69) is 17.6 Å². The lowest BCUT2D eigenvalue weighted by Crippen LogP contribution is -2.10. The van der Waals surface area contributed by atoms with Crippen molar-refractivity contribution in [2.24, 2.45) is 0 Å². The number of carbonyl (C=O) groups excluding carboxylic acids is 1. The zero-order valence-corrected chi connectivity index (χ0v) is 12.1. The van der Waals surface area contributed by atoms with Crippen LogP contribution in [0.5, 0.6) is 0 Å². The van der Waals surface area contributed by atoms with Gasteiger partial charge in [0.1, 0.15) is 17.0 Å². The molecule has 0 radical (unpaired) electrons. The van der Waals surface area contributed by atoms with Crippen molar-refractivity contribution < 1.29 is 9.72 Å². The van der Waals surface area contributed by atoms with Crippen LogP contribution in [0, 0.1) is 10.1 Å². The number of pyridine rings is 1. The van der Waals surface area contributed by atoms with Gasteiger partial charge < -0.3 is 0 Å². The van der Waals surface area contributed by atoms with Crippen LogP contribution in [0.15, 0.2) is 23.4 Å². The topological polar surface area (TPSA) is 73.1 Å². The summed E-state index contributed by atoms with van der Waals surface area (Å²) in [4.78, 5) is 24.9. The number of hydrogen-bond acceptors (Lipinski definition) is 7. The highest BCUT2D eigenvalue weighted by Crippen LogP contribution is 2.31. The molecule has 18 heavy (non-hydrogen) atoms. The predicted octanol–water partition coefficient (Wildman–Crippen LogP) is 3.01. The molecule has 1 aromatic heterocycles. The maximum atomic E-state index is 10.9. The van der Waals surface area contributed by atoms with Crippen molar-refractivity contribution in [3.8, 4) is 0 Å². The molecule has 0 bridgehead atoms. The van der Waals surface area contributed by atoms with Crippen molar-refractivity contribution >= 4 is 45.7 Å². The molecule has 0 aliphatic rings. The summed E-state index contributed by atoms with van der Waals surface area (Å²) in [7, 11) is 2.98. The van der Waals surface area contributed by atoms with Gasteiger partial charge in [-0.2, -0.15) is 12.6 Å². The van der Waals surface area contributed by atoms with Crippen molar-refractivity contribution in [1.82, 2.24) is 4.98 Å². The first-order valence-electron chi connectivity index (χ1n) is 5.09. The third-order valence-electron chi connectivity index (χ3n) is 2.02. The van der Waals surface area contributed by atoms with Crippen LogP contribution in [0.2, 0.25) is 0 Å². The molecule has 8 heteroatoms. The van der Waals surface area contributed by atoms with Crippen LogP contribution in [0.3, 0.4) is 0 Å². The maximum Gasteiger partial charge on any atom is 0.287 e. The van der Waals surface area contributed by atoms with Crippen molar-refractivity contribution in [2.75, 3.05) is 5.75 Å². The molecule has 1 heterocycles. The molecule has 0 N–H and O–H groups in total. The van der Waals surface area contributed by atoms with Gasteiger partial charge in [-0.1, -0.05) is 10.8 Å². The largest absolute Gasteiger partial charge is 0.299 e. The van der Waals surface area contributed by atoms with Gasteiger partial charge in [-0.25, -0.2) is 4.98 Å². The van der Waals surface area contributed by atoms with E-state index < -0.39 is 4.92 Å². The molecule has 1 aromatic rings. The Hall–Kier alpha value is -0.730. The van der Waals surface area contributed by atoms with Crippen molar-refractivity contribution in [2.45, 2.75) is 23.6 Å². The Labute approximate surface area is 118 Å². The normalized spacial score (nSPS) is 12.1. The fraction of sp³-hybridized carbons (Fsp3) is 0.400. The van der Waals surface area contributed by atoms with Crippen LogP contribution in [0.25, 0.3) is 0 Å². The van der Waals surface area contributed by atoms with Crippen LogP contribution < -0.4 is 0 Å². The average Bonchev–Trinajstić information content (AvgIpc) is 2.34. The highest BCUT2D eigenvalue weighted by Gasteiger charge is 2.09. The number of nitrogens with zero attached hydrogens (tertiary/aromatic N) is 2. The minimum absolute atomic E-state index is 0.0173. The van der Waals surface area contributed by atoms with E-state index in [1.165, 1.54) is 30.0 Å². The molecular weight excluding hydrogens is 292 g/mol. The Balaban J connectivity index is 2.31. The zero-order chi connectivity index (χ0) is 13.5. The molecule has 0 aliphatic heterocycles. The minimum atomic E-state index is -0.479. The molecule has 1 atom stereocenters. The Morgan fingerprint density at radius 2 is 2.33 bits per heavy atom. The number of ketones is 1. The highest BCUT2D eigenvalue weighted by atomic mass is 33.1. The number of thiol groups is 1. The molecule has 1 rings (SSSR count). The molecule has 0 aromatic carbocycles. The van der Waals surface area contributed by atoms with Crippen LogP contribution in [-0.4, -0.2) is 26.7 Å². The second kappa shape index (κ2) is 7.65. The third-order valence-corrected chi connectivity index (χ3v) is 4.94. The van der Waals surface area contributed by atoms with Crippen LogP contribution in [0.1, 0.15) is 13.3 Å². The number of carbonyl (C=O) groups is 1. The zero-order valence-electron chi connectivity index (χ0n) is 9.61. The first kappa shape index (κ1) is 15.3. The van der Waals surface area contributed by atoms with Crippen molar-refractivity contribution in [3.63, 3.8) is 0 Å². The number of nitro groups is 1. The summed E-state index contributed by atoms with van der Waals surface area (Å²) in [6.07, 6.45) is 1.93. The molecule has 0 saturated carbocycles. The Morgan fingerprint density at radius 1 is 1.61 bits per heavy atom. The SMILES string of the molecule is CC(=O)C(S)CCSSc1ccc([N+](=O)[O-])cn1. The molecule has 98 valence electrons. The predicted molar refractivity (Wildman–Crippen MR) is 77.3 cm³/mol. The van der Waals surface area contributed by atoms with Gasteiger partial charge in [-0.3, -0.25) is 14.9 Å². The summed E-state index contributed by atoms with van der Waals surface area (Å²) in [6, 6.07) is 3.03. The Bertz CT molecular complexity index is 425. The molecule has 0 amide bonds. The number of hydrogen-bond donors (Lipinski definition) is 1. The summed E-state index contributed by atoms with van der Waals surface area (Å²) < 4.78 is 0. The molecular formula is C10H12N2O3S3. The van der Waals surface area contributed by atoms with E-state index in [1.54, 1.807) is 16.9 Å². The first-order valence-corrected chi connectivity index (χ1v) is 7.92. The van der Waals surface area contributed by atoms with E-state index in [0.717, 1.165) is 5.75 Å². The minimum Gasteiger partial charge on any atom is -0.299 e. The van der Waals surface area contributed by atoms with Crippen molar-refractivity contribution in [3.05, 3.63) is 28.4 Å². The van der Waals surface area contributed by atoms with Crippen LogP contribution in [0.4, 0.5) is 5.69 Å². The van der Waals surface area contributed by atoms with E-state index in [0.29, 0.717) is 11.4 Å². The van der Waals surface area contributed by atoms with E-state index >= 15 is 0 Å². The number of aromatic nitrogens is 1. The average molecular weight is 304 g/mol. The van der Waals surface area contributed by atoms with Gasteiger partial charge in [-0.15, -0.1) is 0 Å². The van der Waals surface area contributed by atoms with Crippen LogP contribution >= 0.6 is 34.2 Å². The van der Waals surface area contributed by atoms with Gasteiger partial charge in [0, 0.05) is 11.8 Å². The Kier molecular flexibility index (Phi) is 6.51. The second-order valence-electron chi connectivity index (χ2n) is 3.43. The molecule has 0 spiro atoms. The van der Waals surface area contributed by atoms with Gasteiger partial charge in [0.2, 0.25) is 0 Å². The smallest absolute Gasteiger partial charge is 0.287 e. The fourth-order valence-electron chi connectivity index (χ4n) is 0.995. The molecule has 0 saturated heterocycles. The summed E-state index contributed by atoms with van der Waals surface area (Å²) in [5.74, 6) is 0.842. The lowest BCUT2D eigenvalue weighted by molar-refractivity contribution is -0.385. The lowest BCUT2D eigenvalue weighted by atomic mass is 10.2. The van der Waals surface area contributed by atoms with Gasteiger partial charge >= 0.3 is 0 Å². The van der Waals surface area contributed by atoms with E-state index in [1.807, 2.05) is 0 Å². The van der Waals surface area contributed by atoms with Gasteiger partial charge in [-0.05, 0) is 30.2 Å². The standard InChI is InChI=1S/C10H12N2O3S3/c1-7(13)9(16)4-5-17-18-10-3-2-8(6-11-10)12(14)15/h2-3,6,9,16H,4-5H2,1H3. The number of Topliss-reactive ketones (excluding diaryl/α,β-unsaturated/α-hetero) is 1. The number of rotatable bonds is 7. The van der Waals surface area contributed by atoms with Crippen molar-refractivity contribution in [1.29, 1.82) is 0 Å². The fourth-order valence-corrected chi connectivity index (χ4v) is 3.25. The lowest BCUT2D eigenvalue weighted by Gasteiger charge is -2.05. The van der Waals surface area contributed by atoms with Gasteiger partial charge in [0.05, 0.1) is 10.2 Å². The monoisotopic (exact) mass is 304 g/mol. The van der Waals surface area contributed by atoms with Gasteiger partial charge in [0.15, 0.2) is 0 Å². The second-order valence-corrected chi connectivity index (χ2v) is 6.49. The maximum absolute atomic E-state index is 10.9. The van der Waals surface area contributed by atoms with E-state index in [-0.39, 0.29) is 16.7 Å². The molecule has 5 nitrogen and oxygen atoms in total. The summed E-state index contributed by atoms with van der Waals surface area (Å²) in [5, 5.41) is 10.9. The first-order chi connectivity index (χ1) is 8.50. The van der Waals surface area contributed by atoms with Crippen LogP contribution in [-0.2, 0) is 4.79 Å². The molecule has 0 aliphatic carbocycles. The highest BCUT2D eigenvalue weighted by molar-refractivity contribution is 8.76. The summed E-state index contributed by atoms with van der Waals surface area (Å²) in [6.45, 7) is 1.52. The van der Waals surface area contributed by atoms with Gasteiger partial charge in [0.25, 0.3) is 5.69 Å². The quantitative estimate of drug-likeness (QED) is 0.274.